The van der Waals surface area contributed by atoms with Crippen LogP contribution in [0.5, 0.6) is 0 Å². The summed E-state index contributed by atoms with van der Waals surface area (Å²) in [4.78, 5) is 0. The fourth-order valence-electron chi connectivity index (χ4n) is 2.22. The molecular weight excluding hydrogens is 311 g/mol. The first-order chi connectivity index (χ1) is 7.76. The van der Waals surface area contributed by atoms with Gasteiger partial charge >= 0.3 is 0 Å². The number of pyridine rings is 1. The van der Waals surface area contributed by atoms with E-state index in [1.54, 1.807) is 0 Å². The van der Waals surface area contributed by atoms with Crippen LogP contribution in [-0.2, 0) is 0 Å². The minimum atomic E-state index is 0.655. The third-order valence-corrected chi connectivity index (χ3v) is 3.72. The van der Waals surface area contributed by atoms with Crippen molar-refractivity contribution in [1.29, 1.82) is 0 Å². The molecule has 16 heavy (non-hydrogen) atoms. The van der Waals surface area contributed by atoms with E-state index in [4.69, 9.17) is 0 Å². The number of nitrogens with zero attached hydrogens (tertiary/aromatic N) is 2. The first-order valence-electron chi connectivity index (χ1n) is 5.89. The van der Waals surface area contributed by atoms with Crippen molar-refractivity contribution in [3.63, 3.8) is 0 Å². The number of halogens is 1. The molecule has 1 unspecified atom stereocenters. The van der Waals surface area contributed by atoms with Crippen molar-refractivity contribution in [2.75, 3.05) is 0 Å². The minimum Gasteiger partial charge on any atom is -0.240 e. The van der Waals surface area contributed by atoms with Crippen LogP contribution in [0.15, 0.2) is 24.5 Å². The van der Waals surface area contributed by atoms with Gasteiger partial charge in [0.1, 0.15) is 0 Å². The maximum atomic E-state index is 4.44. The summed E-state index contributed by atoms with van der Waals surface area (Å²) in [7, 11) is 0. The second kappa shape index (κ2) is 5.17. The molecule has 0 aromatic carbocycles. The Kier molecular flexibility index (Phi) is 3.84. The van der Waals surface area contributed by atoms with Gasteiger partial charge in [-0.3, -0.25) is 0 Å². The molecule has 0 spiro atoms. The van der Waals surface area contributed by atoms with Crippen molar-refractivity contribution in [2.24, 2.45) is 0 Å². The predicted molar refractivity (Wildman–Crippen MR) is 75.8 cm³/mol. The molecule has 0 bridgehead atoms. The standard InChI is InChI=1S/C13H17IN2/c1-3-5-10(4-2)12-8-15-16-9-11(14)6-7-13(12)16/h6-10H,3-5H2,1-2H3. The molecule has 0 saturated carbocycles. The lowest BCUT2D eigenvalue weighted by Crippen LogP contribution is -1.96. The number of aromatic nitrogens is 2. The van der Waals surface area contributed by atoms with Crippen molar-refractivity contribution in [1.82, 2.24) is 9.61 Å². The zero-order chi connectivity index (χ0) is 11.5. The van der Waals surface area contributed by atoms with Gasteiger partial charge in [0.05, 0.1) is 11.7 Å². The monoisotopic (exact) mass is 328 g/mol. The average Bonchev–Trinajstić information content (AvgIpc) is 2.68. The molecule has 2 rings (SSSR count). The van der Waals surface area contributed by atoms with Crippen LogP contribution in [0.2, 0.25) is 0 Å². The van der Waals surface area contributed by atoms with E-state index >= 15 is 0 Å². The van der Waals surface area contributed by atoms with Gasteiger partial charge in [-0.05, 0) is 53.5 Å². The van der Waals surface area contributed by atoms with Gasteiger partial charge in [0, 0.05) is 15.3 Å². The number of hydrogen-bond acceptors (Lipinski definition) is 1. The van der Waals surface area contributed by atoms with Gasteiger partial charge in [-0.1, -0.05) is 20.3 Å². The summed E-state index contributed by atoms with van der Waals surface area (Å²) in [6, 6.07) is 4.34. The normalized spacial score (nSPS) is 13.2. The highest BCUT2D eigenvalue weighted by atomic mass is 127. The highest BCUT2D eigenvalue weighted by molar-refractivity contribution is 14.1. The summed E-state index contributed by atoms with van der Waals surface area (Å²) in [5, 5.41) is 4.44. The fourth-order valence-corrected chi connectivity index (χ4v) is 2.67. The predicted octanol–water partition coefficient (Wildman–Crippen LogP) is 4.23. The highest BCUT2D eigenvalue weighted by Crippen LogP contribution is 2.28. The van der Waals surface area contributed by atoms with E-state index in [-0.39, 0.29) is 0 Å². The smallest absolute Gasteiger partial charge is 0.0697 e. The Morgan fingerprint density at radius 2 is 2.19 bits per heavy atom. The largest absolute Gasteiger partial charge is 0.240 e. The summed E-state index contributed by atoms with van der Waals surface area (Å²) in [5.41, 5.74) is 2.67. The maximum Gasteiger partial charge on any atom is 0.0697 e. The molecule has 1 atom stereocenters. The molecule has 2 aromatic heterocycles. The Balaban J connectivity index is 2.44. The molecule has 0 amide bonds. The first kappa shape index (κ1) is 11.9. The van der Waals surface area contributed by atoms with Crippen molar-refractivity contribution < 1.29 is 0 Å². The second-order valence-electron chi connectivity index (χ2n) is 4.17. The van der Waals surface area contributed by atoms with Crippen LogP contribution >= 0.6 is 22.6 Å². The first-order valence-corrected chi connectivity index (χ1v) is 6.97. The van der Waals surface area contributed by atoms with Crippen LogP contribution in [0.3, 0.4) is 0 Å². The summed E-state index contributed by atoms with van der Waals surface area (Å²) in [6.07, 6.45) is 7.80. The molecule has 3 heteroatoms. The minimum absolute atomic E-state index is 0.655. The van der Waals surface area contributed by atoms with Crippen molar-refractivity contribution >= 4 is 28.1 Å². The highest BCUT2D eigenvalue weighted by Gasteiger charge is 2.13. The molecule has 0 aliphatic heterocycles. The van der Waals surface area contributed by atoms with Gasteiger partial charge in [0.2, 0.25) is 0 Å². The summed E-state index contributed by atoms with van der Waals surface area (Å²) < 4.78 is 3.22. The molecule has 0 aliphatic carbocycles. The van der Waals surface area contributed by atoms with Gasteiger partial charge in [-0.15, -0.1) is 0 Å². The molecule has 2 heterocycles. The van der Waals surface area contributed by atoms with Crippen LogP contribution in [0.25, 0.3) is 5.52 Å². The Labute approximate surface area is 110 Å². The van der Waals surface area contributed by atoms with E-state index in [0.717, 1.165) is 0 Å². The lowest BCUT2D eigenvalue weighted by Gasteiger charge is -2.12. The van der Waals surface area contributed by atoms with Gasteiger partial charge in [0.25, 0.3) is 0 Å². The van der Waals surface area contributed by atoms with Crippen LogP contribution < -0.4 is 0 Å². The van der Waals surface area contributed by atoms with E-state index in [0.29, 0.717) is 5.92 Å². The lowest BCUT2D eigenvalue weighted by atomic mass is 9.93. The summed E-state index contributed by atoms with van der Waals surface area (Å²) >= 11 is 2.32. The van der Waals surface area contributed by atoms with Gasteiger partial charge in [-0.25, -0.2) is 4.52 Å². The topological polar surface area (TPSA) is 17.3 Å². The molecular formula is C13H17IN2. The van der Waals surface area contributed by atoms with Gasteiger partial charge in [-0.2, -0.15) is 5.10 Å². The molecule has 0 saturated heterocycles. The summed E-state index contributed by atoms with van der Waals surface area (Å²) in [5.74, 6) is 0.655. The van der Waals surface area contributed by atoms with E-state index in [2.05, 4.69) is 59.9 Å². The van der Waals surface area contributed by atoms with E-state index in [9.17, 15) is 0 Å². The van der Waals surface area contributed by atoms with Crippen LogP contribution in [-0.4, -0.2) is 9.61 Å². The van der Waals surface area contributed by atoms with E-state index in [1.165, 1.54) is 33.9 Å². The van der Waals surface area contributed by atoms with Gasteiger partial charge in [0.15, 0.2) is 0 Å². The number of hydrogen-bond donors (Lipinski definition) is 0. The van der Waals surface area contributed by atoms with E-state index in [1.807, 2.05) is 10.7 Å². The fraction of sp³-hybridized carbons (Fsp3) is 0.462. The number of fused-ring (bicyclic) bond motifs is 1. The number of rotatable bonds is 4. The average molecular weight is 328 g/mol. The van der Waals surface area contributed by atoms with Crippen LogP contribution in [0.1, 0.15) is 44.6 Å². The van der Waals surface area contributed by atoms with Crippen molar-refractivity contribution in [3.05, 3.63) is 33.7 Å². The maximum absolute atomic E-state index is 4.44. The second-order valence-corrected chi connectivity index (χ2v) is 5.42. The molecule has 0 fully saturated rings. The SMILES string of the molecule is CCCC(CC)c1cnn2cc(I)ccc12. The third-order valence-electron chi connectivity index (χ3n) is 3.08. The van der Waals surface area contributed by atoms with Crippen LogP contribution in [0, 0.1) is 3.57 Å². The van der Waals surface area contributed by atoms with Crippen molar-refractivity contribution in [3.8, 4) is 0 Å². The Bertz CT molecular complexity index is 476. The van der Waals surface area contributed by atoms with Crippen molar-refractivity contribution in [2.45, 2.75) is 39.0 Å². The van der Waals surface area contributed by atoms with Gasteiger partial charge < -0.3 is 0 Å². The Morgan fingerprint density at radius 3 is 2.88 bits per heavy atom. The Morgan fingerprint density at radius 1 is 1.38 bits per heavy atom. The summed E-state index contributed by atoms with van der Waals surface area (Å²) in [6.45, 7) is 4.51. The molecule has 0 aliphatic rings. The molecule has 0 N–H and O–H groups in total. The van der Waals surface area contributed by atoms with Crippen LogP contribution in [0.4, 0.5) is 0 Å². The molecule has 86 valence electrons. The molecule has 2 nitrogen and oxygen atoms in total. The Hall–Kier alpha value is -0.580. The molecule has 0 radical (unpaired) electrons. The zero-order valence-corrected chi connectivity index (χ0v) is 11.9. The van der Waals surface area contributed by atoms with E-state index < -0.39 is 0 Å². The zero-order valence-electron chi connectivity index (χ0n) is 9.78. The lowest BCUT2D eigenvalue weighted by molar-refractivity contribution is 0.599. The third kappa shape index (κ3) is 2.24. The molecule has 2 aromatic rings. The quantitative estimate of drug-likeness (QED) is 0.768.